The molecule has 1 heterocycles. The highest BCUT2D eigenvalue weighted by molar-refractivity contribution is 5.90. The van der Waals surface area contributed by atoms with E-state index in [4.69, 9.17) is 5.11 Å². The maximum Gasteiger partial charge on any atom is 0.321 e. The van der Waals surface area contributed by atoms with Gasteiger partial charge in [0.05, 0.1) is 5.92 Å². The molecule has 2 rings (SSSR count). The molecule has 0 aromatic heterocycles. The van der Waals surface area contributed by atoms with Gasteiger partial charge in [0.25, 0.3) is 0 Å². The molecule has 0 bridgehead atoms. The first kappa shape index (κ1) is 14.4. The average molecular weight is 276 g/mol. The molecule has 2 amide bonds. The molecule has 1 aliphatic rings. The molecule has 1 unspecified atom stereocenters. The topological polar surface area (TPSA) is 69.6 Å². The van der Waals surface area contributed by atoms with Crippen LogP contribution in [0.15, 0.2) is 18.2 Å². The molecule has 1 aromatic carbocycles. The minimum atomic E-state index is -0.801. The number of nitrogens with zero attached hydrogens (tertiary/aromatic N) is 1. The molecule has 0 saturated carbocycles. The van der Waals surface area contributed by atoms with Crippen LogP contribution in [0.4, 0.5) is 10.5 Å². The van der Waals surface area contributed by atoms with Crippen LogP contribution >= 0.6 is 0 Å². The smallest absolute Gasteiger partial charge is 0.321 e. The van der Waals surface area contributed by atoms with E-state index in [9.17, 15) is 9.59 Å². The number of aryl methyl sites for hydroxylation is 2. The quantitative estimate of drug-likeness (QED) is 0.891. The second kappa shape index (κ2) is 5.53. The van der Waals surface area contributed by atoms with Crippen molar-refractivity contribution in [3.63, 3.8) is 0 Å². The lowest BCUT2D eigenvalue weighted by atomic mass is 9.87. The summed E-state index contributed by atoms with van der Waals surface area (Å²) in [6.45, 7) is 6.65. The molecule has 1 aliphatic heterocycles. The van der Waals surface area contributed by atoms with Crippen molar-refractivity contribution in [3.05, 3.63) is 29.3 Å². The third kappa shape index (κ3) is 2.92. The summed E-state index contributed by atoms with van der Waals surface area (Å²) < 4.78 is 0. The van der Waals surface area contributed by atoms with Gasteiger partial charge in [0.15, 0.2) is 0 Å². The SMILES string of the molecule is Cc1ccc(NC(=O)N2CC(C(C)C(=O)O)C2)c(C)c1. The molecular weight excluding hydrogens is 256 g/mol. The molecule has 1 fully saturated rings. The van der Waals surface area contributed by atoms with Crippen molar-refractivity contribution in [1.29, 1.82) is 0 Å². The molecular formula is C15H20N2O3. The van der Waals surface area contributed by atoms with Gasteiger partial charge in [-0.15, -0.1) is 0 Å². The van der Waals surface area contributed by atoms with Crippen LogP contribution in [0.25, 0.3) is 0 Å². The zero-order valence-corrected chi connectivity index (χ0v) is 12.0. The highest BCUT2D eigenvalue weighted by Gasteiger charge is 2.37. The predicted octanol–water partition coefficient (Wildman–Crippen LogP) is 2.49. The van der Waals surface area contributed by atoms with Gasteiger partial charge in [-0.2, -0.15) is 0 Å². The third-order valence-corrected chi connectivity index (χ3v) is 3.92. The van der Waals surface area contributed by atoms with Gasteiger partial charge in [-0.25, -0.2) is 4.79 Å². The van der Waals surface area contributed by atoms with E-state index in [0.717, 1.165) is 16.8 Å². The predicted molar refractivity (Wildman–Crippen MR) is 76.8 cm³/mol. The molecule has 1 atom stereocenters. The maximum atomic E-state index is 12.0. The number of urea groups is 1. The number of likely N-dealkylation sites (tertiary alicyclic amines) is 1. The Kier molecular flexibility index (Phi) is 3.97. The number of anilines is 1. The zero-order valence-electron chi connectivity index (χ0n) is 12.0. The van der Waals surface area contributed by atoms with E-state index in [0.29, 0.717) is 13.1 Å². The fourth-order valence-electron chi connectivity index (χ4n) is 2.34. The Bertz CT molecular complexity index is 536. The number of aliphatic carboxylic acids is 1. The Balaban J connectivity index is 1.90. The Morgan fingerprint density at radius 1 is 1.35 bits per heavy atom. The lowest BCUT2D eigenvalue weighted by Crippen LogP contribution is -2.54. The molecule has 0 aliphatic carbocycles. The lowest BCUT2D eigenvalue weighted by Gasteiger charge is -2.41. The Hall–Kier alpha value is -2.04. The molecule has 1 aromatic rings. The van der Waals surface area contributed by atoms with E-state index in [-0.39, 0.29) is 11.9 Å². The Morgan fingerprint density at radius 2 is 2.00 bits per heavy atom. The van der Waals surface area contributed by atoms with Gasteiger partial charge in [-0.3, -0.25) is 4.79 Å². The molecule has 108 valence electrons. The first-order valence-electron chi connectivity index (χ1n) is 6.74. The molecule has 5 heteroatoms. The van der Waals surface area contributed by atoms with E-state index in [1.54, 1.807) is 11.8 Å². The van der Waals surface area contributed by atoms with Crippen LogP contribution in [0.2, 0.25) is 0 Å². The standard InChI is InChI=1S/C15H20N2O3/c1-9-4-5-13(10(2)6-9)16-15(20)17-7-12(8-17)11(3)14(18)19/h4-6,11-12H,7-8H2,1-3H3,(H,16,20)(H,18,19). The number of carboxylic acids is 1. The van der Waals surface area contributed by atoms with Crippen molar-refractivity contribution in [2.45, 2.75) is 20.8 Å². The van der Waals surface area contributed by atoms with Crippen molar-refractivity contribution in [2.24, 2.45) is 11.8 Å². The van der Waals surface area contributed by atoms with E-state index in [1.165, 1.54) is 0 Å². The van der Waals surface area contributed by atoms with Gasteiger partial charge < -0.3 is 15.3 Å². The van der Waals surface area contributed by atoms with E-state index in [2.05, 4.69) is 5.32 Å². The van der Waals surface area contributed by atoms with Crippen molar-refractivity contribution in [3.8, 4) is 0 Å². The molecule has 0 radical (unpaired) electrons. The largest absolute Gasteiger partial charge is 0.481 e. The van der Waals surface area contributed by atoms with Crippen LogP contribution in [0, 0.1) is 25.7 Å². The first-order chi connectivity index (χ1) is 9.38. The summed E-state index contributed by atoms with van der Waals surface area (Å²) in [7, 11) is 0. The van der Waals surface area contributed by atoms with Crippen molar-refractivity contribution < 1.29 is 14.7 Å². The van der Waals surface area contributed by atoms with Gasteiger partial charge in [0.1, 0.15) is 0 Å². The van der Waals surface area contributed by atoms with Crippen LogP contribution in [0.1, 0.15) is 18.1 Å². The fraction of sp³-hybridized carbons (Fsp3) is 0.467. The van der Waals surface area contributed by atoms with Gasteiger partial charge >= 0.3 is 12.0 Å². The van der Waals surface area contributed by atoms with Gasteiger partial charge in [0, 0.05) is 24.7 Å². The number of benzene rings is 1. The number of amides is 2. The molecule has 2 N–H and O–H groups in total. The summed E-state index contributed by atoms with van der Waals surface area (Å²) in [6.07, 6.45) is 0. The molecule has 5 nitrogen and oxygen atoms in total. The minimum Gasteiger partial charge on any atom is -0.481 e. The van der Waals surface area contributed by atoms with Crippen LogP contribution in [-0.2, 0) is 4.79 Å². The van der Waals surface area contributed by atoms with Crippen LogP contribution in [0.3, 0.4) is 0 Å². The minimum absolute atomic E-state index is 0.0531. The third-order valence-electron chi connectivity index (χ3n) is 3.92. The van der Waals surface area contributed by atoms with Crippen molar-refractivity contribution in [2.75, 3.05) is 18.4 Å². The van der Waals surface area contributed by atoms with E-state index in [1.807, 2.05) is 32.0 Å². The second-order valence-electron chi connectivity index (χ2n) is 5.54. The summed E-state index contributed by atoms with van der Waals surface area (Å²) in [5, 5.41) is 11.8. The first-order valence-corrected chi connectivity index (χ1v) is 6.74. The molecule has 20 heavy (non-hydrogen) atoms. The average Bonchev–Trinajstić information content (AvgIpc) is 2.30. The molecule has 1 saturated heterocycles. The number of nitrogens with one attached hydrogen (secondary N) is 1. The van der Waals surface area contributed by atoms with Crippen LogP contribution in [-0.4, -0.2) is 35.1 Å². The van der Waals surface area contributed by atoms with Crippen molar-refractivity contribution in [1.82, 2.24) is 4.90 Å². The van der Waals surface area contributed by atoms with Crippen LogP contribution in [0.5, 0.6) is 0 Å². The van der Waals surface area contributed by atoms with Crippen molar-refractivity contribution >= 4 is 17.7 Å². The van der Waals surface area contributed by atoms with Crippen LogP contribution < -0.4 is 5.32 Å². The maximum absolute atomic E-state index is 12.0. The highest BCUT2D eigenvalue weighted by Crippen LogP contribution is 2.25. The van der Waals surface area contributed by atoms with E-state index < -0.39 is 11.9 Å². The number of carbonyl (C=O) groups excluding carboxylic acids is 1. The number of hydrogen-bond donors (Lipinski definition) is 2. The summed E-state index contributed by atoms with van der Waals surface area (Å²) in [5.41, 5.74) is 2.98. The Morgan fingerprint density at radius 3 is 2.55 bits per heavy atom. The fourth-order valence-corrected chi connectivity index (χ4v) is 2.34. The number of rotatable bonds is 3. The van der Waals surface area contributed by atoms with E-state index >= 15 is 0 Å². The summed E-state index contributed by atoms with van der Waals surface area (Å²) in [4.78, 5) is 24.5. The normalized spacial score (nSPS) is 16.4. The number of hydrogen-bond acceptors (Lipinski definition) is 2. The highest BCUT2D eigenvalue weighted by atomic mass is 16.4. The molecule has 0 spiro atoms. The number of carbonyl (C=O) groups is 2. The lowest BCUT2D eigenvalue weighted by molar-refractivity contribution is -0.144. The summed E-state index contributed by atoms with van der Waals surface area (Å²) in [6, 6.07) is 5.69. The monoisotopic (exact) mass is 276 g/mol. The van der Waals surface area contributed by atoms with Gasteiger partial charge in [-0.1, -0.05) is 24.6 Å². The number of carboxylic acid groups (broad SMARTS) is 1. The zero-order chi connectivity index (χ0) is 14.9. The van der Waals surface area contributed by atoms with Gasteiger partial charge in [0.2, 0.25) is 0 Å². The summed E-state index contributed by atoms with van der Waals surface area (Å²) in [5.74, 6) is -1.15. The Labute approximate surface area is 118 Å². The second-order valence-corrected chi connectivity index (χ2v) is 5.54. The van der Waals surface area contributed by atoms with Gasteiger partial charge in [-0.05, 0) is 25.5 Å². The summed E-state index contributed by atoms with van der Waals surface area (Å²) >= 11 is 0.